The van der Waals surface area contributed by atoms with Gasteiger partial charge in [0.25, 0.3) is 17.2 Å². The highest BCUT2D eigenvalue weighted by Gasteiger charge is 2.66. The van der Waals surface area contributed by atoms with Crippen molar-refractivity contribution < 1.29 is 24.3 Å². The largest absolute Gasteiger partial charge is 0.497 e. The van der Waals surface area contributed by atoms with Crippen LogP contribution in [0.4, 0.5) is 11.4 Å². The Bertz CT molecular complexity index is 2130. The molecule has 11 nitrogen and oxygen atoms in total. The zero-order valence-corrected chi connectivity index (χ0v) is 28.8. The molecule has 7 rings (SSSR count). The van der Waals surface area contributed by atoms with Crippen LogP contribution < -0.4 is 20.4 Å². The average molecular weight is 679 g/mol. The Balaban J connectivity index is 1.27. The maximum absolute atomic E-state index is 14.9. The van der Waals surface area contributed by atoms with Crippen LogP contribution in [0.15, 0.2) is 95.8 Å². The first-order valence-electron chi connectivity index (χ1n) is 16.3. The molecule has 1 spiro atoms. The molecule has 0 unspecified atom stereocenters. The summed E-state index contributed by atoms with van der Waals surface area (Å²) in [4.78, 5) is 41.1. The average Bonchev–Trinajstić information content (AvgIpc) is 3.68. The van der Waals surface area contributed by atoms with Gasteiger partial charge in [-0.3, -0.25) is 24.8 Å². The number of H-pyrrole nitrogens is 1. The molecule has 2 aliphatic heterocycles. The first-order valence-corrected chi connectivity index (χ1v) is 19.4. The number of hydrogen-bond acceptors (Lipinski definition) is 7. The Hall–Kier alpha value is -5.04. The van der Waals surface area contributed by atoms with E-state index in [1.165, 1.54) is 16.8 Å². The van der Waals surface area contributed by atoms with Crippen molar-refractivity contribution in [3.63, 3.8) is 0 Å². The molecule has 5 aromatic rings. The van der Waals surface area contributed by atoms with Crippen molar-refractivity contribution in [2.75, 3.05) is 18.6 Å². The number of nitro groups is 1. The molecule has 1 saturated heterocycles. The fourth-order valence-corrected chi connectivity index (χ4v) is 12.2. The van der Waals surface area contributed by atoms with Gasteiger partial charge in [0, 0.05) is 30.2 Å². The van der Waals surface area contributed by atoms with Gasteiger partial charge in [-0.15, -0.1) is 0 Å². The molecular weight excluding hydrogens is 641 g/mol. The smallest absolute Gasteiger partial charge is 0.279 e. The fourth-order valence-electron chi connectivity index (χ4n) is 8.14. The number of amides is 1. The number of hydrogen-bond donors (Lipinski definition) is 2. The Kier molecular flexibility index (Phi) is 8.05. The number of nitrogens with one attached hydrogen (secondary N) is 1. The highest BCUT2D eigenvalue weighted by Crippen LogP contribution is 2.60. The maximum atomic E-state index is 14.9. The van der Waals surface area contributed by atoms with Gasteiger partial charge in [0.05, 0.1) is 55.0 Å². The summed E-state index contributed by atoms with van der Waals surface area (Å²) in [5.41, 5.74) is 1.38. The number of nitrogens with zero attached hydrogens (tertiary/aromatic N) is 3. The second-order valence-electron chi connectivity index (χ2n) is 13.5. The molecule has 0 bridgehead atoms. The number of aliphatic hydroxyl groups is 1. The van der Waals surface area contributed by atoms with E-state index in [9.17, 15) is 24.8 Å². The summed E-state index contributed by atoms with van der Waals surface area (Å²) in [6.07, 6.45) is -0.121. The minimum absolute atomic E-state index is 0.0991. The normalized spacial score (nSPS) is 21.9. The number of methoxy groups -OCH3 is 1. The van der Waals surface area contributed by atoms with E-state index in [0.717, 1.165) is 22.0 Å². The number of anilines is 1. The summed E-state index contributed by atoms with van der Waals surface area (Å²) in [5.74, 6) is 0.107. The minimum Gasteiger partial charge on any atom is -0.497 e. The molecule has 0 radical (unpaired) electrons. The van der Waals surface area contributed by atoms with Crippen molar-refractivity contribution >= 4 is 41.4 Å². The van der Waals surface area contributed by atoms with Crippen LogP contribution in [0.1, 0.15) is 24.5 Å². The summed E-state index contributed by atoms with van der Waals surface area (Å²) in [6.45, 7) is 6.57. The SMILES string of the molecule is COc1ccc([Si](C)(C)[C@H]2[C@H](CCO)O[C@@]3(C(=O)N(Cc4ccc(-n5[nH]c6ccccc6c5=O)cc4)c4ccc([N+](=O)[O-])cc43)[C@@H]2C)cc1. The standard InChI is InChI=1S/C37H38N4O7Si/c1-23-34(49(3,4)28-16-14-27(47-2)15-17-28)33(19-20-42)48-37(23)30-21-26(41(45)46)13-18-32(30)39(36(37)44)22-24-9-11-25(12-10-24)40-35(43)29-7-5-6-8-31(29)38-40/h5-18,21,23,33-34,38,42H,19-20,22H2,1-4H3/t23-,33+,34-,37+/m1/s1. The molecule has 1 amide bonds. The minimum atomic E-state index is -2.40. The lowest BCUT2D eigenvalue weighted by Gasteiger charge is -2.37. The van der Waals surface area contributed by atoms with E-state index in [-0.39, 0.29) is 41.8 Å². The predicted octanol–water partition coefficient (Wildman–Crippen LogP) is 5.38. The van der Waals surface area contributed by atoms with Crippen LogP contribution in [0.25, 0.3) is 16.6 Å². The number of nitro benzene ring substituents is 1. The molecule has 252 valence electrons. The van der Waals surface area contributed by atoms with Crippen molar-refractivity contribution in [3.05, 3.63) is 123 Å². The number of aromatic amines is 1. The van der Waals surface area contributed by atoms with Gasteiger partial charge in [0.1, 0.15) is 5.75 Å². The third kappa shape index (κ3) is 5.09. The molecule has 2 aliphatic rings. The van der Waals surface area contributed by atoms with E-state index in [1.807, 2.05) is 61.5 Å². The Morgan fingerprint density at radius 3 is 2.39 bits per heavy atom. The van der Waals surface area contributed by atoms with Gasteiger partial charge in [0.15, 0.2) is 5.60 Å². The van der Waals surface area contributed by atoms with Crippen LogP contribution >= 0.6 is 0 Å². The van der Waals surface area contributed by atoms with E-state index in [0.29, 0.717) is 28.7 Å². The number of rotatable bonds is 9. The molecule has 1 aromatic heterocycles. The molecule has 4 aromatic carbocycles. The van der Waals surface area contributed by atoms with Gasteiger partial charge in [-0.25, -0.2) is 4.68 Å². The molecule has 49 heavy (non-hydrogen) atoms. The predicted molar refractivity (Wildman–Crippen MR) is 189 cm³/mol. The number of carbonyl (C=O) groups is 1. The number of aromatic nitrogens is 2. The summed E-state index contributed by atoms with van der Waals surface area (Å²) in [5, 5.41) is 27.1. The zero-order chi connectivity index (χ0) is 34.7. The lowest BCUT2D eigenvalue weighted by atomic mass is 9.82. The van der Waals surface area contributed by atoms with Crippen molar-refractivity contribution in [3.8, 4) is 11.4 Å². The molecule has 0 aliphatic carbocycles. The fraction of sp³-hybridized carbons (Fsp3) is 0.297. The second-order valence-corrected chi connectivity index (χ2v) is 18.2. The highest BCUT2D eigenvalue weighted by atomic mass is 28.3. The van der Waals surface area contributed by atoms with Gasteiger partial charge < -0.3 is 19.5 Å². The van der Waals surface area contributed by atoms with E-state index in [4.69, 9.17) is 9.47 Å². The molecule has 12 heteroatoms. The quantitative estimate of drug-likeness (QED) is 0.121. The van der Waals surface area contributed by atoms with E-state index in [1.54, 1.807) is 24.1 Å². The third-order valence-electron chi connectivity index (χ3n) is 10.6. The van der Waals surface area contributed by atoms with Gasteiger partial charge in [-0.05, 0) is 60.0 Å². The first kappa shape index (κ1) is 32.5. The van der Waals surface area contributed by atoms with E-state index < -0.39 is 24.7 Å². The number of ether oxygens (including phenoxy) is 2. The molecule has 4 atom stereocenters. The molecular formula is C37H38N4O7Si. The number of fused-ring (bicyclic) bond motifs is 3. The monoisotopic (exact) mass is 678 g/mol. The van der Waals surface area contributed by atoms with Crippen molar-refractivity contribution in [1.29, 1.82) is 0 Å². The number of carbonyl (C=O) groups excluding carboxylic acids is 1. The van der Waals surface area contributed by atoms with E-state index >= 15 is 0 Å². The number of para-hydroxylation sites is 1. The number of aliphatic hydroxyl groups excluding tert-OH is 1. The van der Waals surface area contributed by atoms with Crippen molar-refractivity contribution in [2.45, 2.75) is 50.2 Å². The van der Waals surface area contributed by atoms with Crippen LogP contribution in [0, 0.1) is 16.0 Å². The summed E-state index contributed by atoms with van der Waals surface area (Å²) in [6, 6.07) is 27.2. The van der Waals surface area contributed by atoms with Gasteiger partial charge in [-0.1, -0.05) is 61.6 Å². The van der Waals surface area contributed by atoms with Crippen molar-refractivity contribution in [2.24, 2.45) is 5.92 Å². The molecule has 1 fully saturated rings. The van der Waals surface area contributed by atoms with Gasteiger partial charge in [0.2, 0.25) is 0 Å². The molecule has 2 N–H and O–H groups in total. The molecule has 0 saturated carbocycles. The van der Waals surface area contributed by atoms with Crippen LogP contribution in [0.2, 0.25) is 18.6 Å². The summed E-state index contributed by atoms with van der Waals surface area (Å²) >= 11 is 0. The van der Waals surface area contributed by atoms with Gasteiger partial charge >= 0.3 is 0 Å². The third-order valence-corrected chi connectivity index (χ3v) is 14.9. The summed E-state index contributed by atoms with van der Waals surface area (Å²) in [7, 11) is -0.781. The second kappa shape index (κ2) is 12.1. The zero-order valence-electron chi connectivity index (χ0n) is 27.8. The van der Waals surface area contributed by atoms with Crippen LogP contribution in [0.3, 0.4) is 0 Å². The van der Waals surface area contributed by atoms with Crippen molar-refractivity contribution in [1.82, 2.24) is 9.78 Å². The Morgan fingerprint density at radius 1 is 1.02 bits per heavy atom. The van der Waals surface area contributed by atoms with Gasteiger partial charge in [-0.2, -0.15) is 0 Å². The van der Waals surface area contributed by atoms with Crippen LogP contribution in [-0.4, -0.2) is 53.6 Å². The number of benzene rings is 4. The Labute approximate surface area is 283 Å². The lowest BCUT2D eigenvalue weighted by Crippen LogP contribution is -2.51. The topological polar surface area (TPSA) is 140 Å². The number of non-ortho nitro benzene ring substituents is 1. The first-order chi connectivity index (χ1) is 23.5. The van der Waals surface area contributed by atoms with Crippen LogP contribution in [0.5, 0.6) is 5.75 Å². The lowest BCUT2D eigenvalue weighted by molar-refractivity contribution is -0.385. The highest BCUT2D eigenvalue weighted by molar-refractivity contribution is 6.91. The summed E-state index contributed by atoms with van der Waals surface area (Å²) < 4.78 is 13.8. The van der Waals surface area contributed by atoms with Crippen LogP contribution in [-0.2, 0) is 21.7 Å². The van der Waals surface area contributed by atoms with E-state index in [2.05, 4.69) is 30.3 Å². The Morgan fingerprint density at radius 2 is 1.73 bits per heavy atom. The maximum Gasteiger partial charge on any atom is 0.279 e. The molecule has 3 heterocycles.